The molecule has 2 N–H and O–H groups in total. The number of para-hydroxylation sites is 1. The van der Waals surface area contributed by atoms with Crippen LogP contribution in [0, 0.1) is 13.8 Å². The van der Waals surface area contributed by atoms with Crippen molar-refractivity contribution < 1.29 is 17.9 Å². The number of sulfonamides is 1. The Morgan fingerprint density at radius 2 is 1.50 bits per heavy atom. The van der Waals surface area contributed by atoms with Gasteiger partial charge in [-0.15, -0.1) is 0 Å². The quantitative estimate of drug-likeness (QED) is 0.592. The fourth-order valence-electron chi connectivity index (χ4n) is 3.02. The number of amides is 1. The zero-order valence-electron chi connectivity index (χ0n) is 17.1. The summed E-state index contributed by atoms with van der Waals surface area (Å²) in [5, 5.41) is 2.78. The van der Waals surface area contributed by atoms with Crippen molar-refractivity contribution in [3.63, 3.8) is 0 Å². The molecule has 0 aromatic heterocycles. The molecule has 3 aromatic rings. The lowest BCUT2D eigenvalue weighted by Crippen LogP contribution is -2.16. The lowest BCUT2D eigenvalue weighted by molar-refractivity contribution is -0.115. The van der Waals surface area contributed by atoms with E-state index in [2.05, 4.69) is 10.0 Å². The zero-order valence-corrected chi connectivity index (χ0v) is 17.9. The van der Waals surface area contributed by atoms with E-state index in [0.29, 0.717) is 11.4 Å². The maximum Gasteiger partial charge on any atom is 0.261 e. The zero-order chi connectivity index (χ0) is 21.7. The number of anilines is 2. The molecule has 0 heterocycles. The number of hydrogen-bond donors (Lipinski definition) is 2. The lowest BCUT2D eigenvalue weighted by Gasteiger charge is -2.13. The van der Waals surface area contributed by atoms with Crippen molar-refractivity contribution in [3.8, 4) is 5.75 Å². The molecule has 0 unspecified atom stereocenters. The Hall–Kier alpha value is -3.32. The second-order valence-electron chi connectivity index (χ2n) is 6.97. The number of carbonyl (C=O) groups excluding carboxylic acids is 1. The Morgan fingerprint density at radius 3 is 2.07 bits per heavy atom. The third kappa shape index (κ3) is 5.18. The molecule has 3 aromatic carbocycles. The summed E-state index contributed by atoms with van der Waals surface area (Å²) in [5.74, 6) is 0.537. The maximum absolute atomic E-state index is 12.7. The number of nitrogens with one attached hydrogen (secondary N) is 2. The number of methoxy groups -OCH3 is 1. The molecule has 0 saturated carbocycles. The molecule has 6 nitrogen and oxygen atoms in total. The molecule has 0 radical (unpaired) electrons. The fraction of sp³-hybridized carbons (Fsp3) is 0.174. The number of aryl methyl sites for hydroxylation is 2. The smallest absolute Gasteiger partial charge is 0.261 e. The predicted octanol–water partition coefficient (Wildman–Crippen LogP) is 4.29. The topological polar surface area (TPSA) is 84.5 Å². The van der Waals surface area contributed by atoms with Crippen LogP contribution in [-0.2, 0) is 21.2 Å². The molecule has 0 atom stereocenters. The molecule has 7 heteroatoms. The first-order valence-corrected chi connectivity index (χ1v) is 10.9. The summed E-state index contributed by atoms with van der Waals surface area (Å²) in [6.07, 6.45) is 0.207. The summed E-state index contributed by atoms with van der Waals surface area (Å²) in [6, 6.07) is 18.9. The highest BCUT2D eigenvalue weighted by molar-refractivity contribution is 7.92. The summed E-state index contributed by atoms with van der Waals surface area (Å²) in [7, 11) is -2.15. The fourth-order valence-corrected chi connectivity index (χ4v) is 4.22. The highest BCUT2D eigenvalue weighted by Crippen LogP contribution is 2.24. The van der Waals surface area contributed by atoms with Crippen LogP contribution in [0.1, 0.15) is 16.7 Å². The molecule has 0 aliphatic rings. The van der Waals surface area contributed by atoms with E-state index in [0.717, 1.165) is 22.4 Å². The Bertz CT molecular complexity index is 1120. The maximum atomic E-state index is 12.7. The number of hydrogen-bond acceptors (Lipinski definition) is 4. The van der Waals surface area contributed by atoms with Gasteiger partial charge in [-0.2, -0.15) is 0 Å². The van der Waals surface area contributed by atoms with Crippen LogP contribution in [0.5, 0.6) is 5.75 Å². The van der Waals surface area contributed by atoms with E-state index in [1.807, 2.05) is 44.2 Å². The third-order valence-electron chi connectivity index (χ3n) is 4.69. The minimum atomic E-state index is -3.73. The van der Waals surface area contributed by atoms with Gasteiger partial charge in [-0.1, -0.05) is 30.3 Å². The standard InChI is InChI=1S/C23H24N2O4S/c1-16-5-4-6-17(2)23(16)25-30(27,28)21-13-9-19(10-14-21)24-22(26)15-18-7-11-20(29-3)12-8-18/h4-14,25H,15H2,1-3H3,(H,24,26). The summed E-state index contributed by atoms with van der Waals surface area (Å²) >= 11 is 0. The Kier molecular flexibility index (Phi) is 6.42. The van der Waals surface area contributed by atoms with Crippen molar-refractivity contribution in [3.05, 3.63) is 83.4 Å². The van der Waals surface area contributed by atoms with E-state index in [1.165, 1.54) is 12.1 Å². The summed E-state index contributed by atoms with van der Waals surface area (Å²) in [6.45, 7) is 3.71. The molecule has 30 heavy (non-hydrogen) atoms. The van der Waals surface area contributed by atoms with Gasteiger partial charge in [0.15, 0.2) is 0 Å². The first-order valence-electron chi connectivity index (χ1n) is 9.40. The molecule has 1 amide bonds. The molecule has 0 aliphatic heterocycles. The molecule has 0 bridgehead atoms. The molecule has 0 aliphatic carbocycles. The number of ether oxygens (including phenoxy) is 1. The van der Waals surface area contributed by atoms with Crippen molar-refractivity contribution in [1.82, 2.24) is 0 Å². The van der Waals surface area contributed by atoms with E-state index in [4.69, 9.17) is 4.74 Å². The molecule has 0 fully saturated rings. The molecular weight excluding hydrogens is 400 g/mol. The van der Waals surface area contributed by atoms with Crippen LogP contribution in [0.15, 0.2) is 71.6 Å². The van der Waals surface area contributed by atoms with Gasteiger partial charge in [0.2, 0.25) is 5.91 Å². The second kappa shape index (κ2) is 9.00. The van der Waals surface area contributed by atoms with Crippen LogP contribution in [-0.4, -0.2) is 21.4 Å². The van der Waals surface area contributed by atoms with Crippen molar-refractivity contribution in [2.75, 3.05) is 17.1 Å². The summed E-state index contributed by atoms with van der Waals surface area (Å²) < 4.78 is 33.2. The van der Waals surface area contributed by atoms with E-state index < -0.39 is 10.0 Å². The molecule has 0 saturated heterocycles. The van der Waals surface area contributed by atoms with E-state index in [9.17, 15) is 13.2 Å². The van der Waals surface area contributed by atoms with Gasteiger partial charge in [0.25, 0.3) is 10.0 Å². The van der Waals surface area contributed by atoms with Crippen molar-refractivity contribution >= 4 is 27.3 Å². The Morgan fingerprint density at radius 1 is 0.900 bits per heavy atom. The SMILES string of the molecule is COc1ccc(CC(=O)Nc2ccc(S(=O)(=O)Nc3c(C)cccc3C)cc2)cc1. The van der Waals surface area contributed by atoms with Gasteiger partial charge >= 0.3 is 0 Å². The number of rotatable bonds is 7. The normalized spacial score (nSPS) is 11.0. The van der Waals surface area contributed by atoms with Gasteiger partial charge in [0, 0.05) is 5.69 Å². The largest absolute Gasteiger partial charge is 0.497 e. The van der Waals surface area contributed by atoms with Gasteiger partial charge < -0.3 is 10.1 Å². The highest BCUT2D eigenvalue weighted by atomic mass is 32.2. The molecule has 0 spiro atoms. The van der Waals surface area contributed by atoms with E-state index in [-0.39, 0.29) is 17.2 Å². The average Bonchev–Trinajstić information content (AvgIpc) is 2.72. The summed E-state index contributed by atoms with van der Waals surface area (Å²) in [5.41, 5.74) is 3.65. The first kappa shape index (κ1) is 21.4. The van der Waals surface area contributed by atoms with Gasteiger partial charge in [-0.05, 0) is 66.9 Å². The molecular formula is C23H24N2O4S. The molecule has 156 valence electrons. The van der Waals surface area contributed by atoms with Crippen LogP contribution in [0.25, 0.3) is 0 Å². The summed E-state index contributed by atoms with van der Waals surface area (Å²) in [4.78, 5) is 12.4. The van der Waals surface area contributed by atoms with Crippen LogP contribution in [0.4, 0.5) is 11.4 Å². The predicted molar refractivity (Wildman–Crippen MR) is 118 cm³/mol. The monoisotopic (exact) mass is 424 g/mol. The third-order valence-corrected chi connectivity index (χ3v) is 6.06. The van der Waals surface area contributed by atoms with Crippen molar-refractivity contribution in [1.29, 1.82) is 0 Å². The minimum Gasteiger partial charge on any atom is -0.497 e. The van der Waals surface area contributed by atoms with Gasteiger partial charge in [-0.3, -0.25) is 9.52 Å². The Labute approximate surface area is 177 Å². The minimum absolute atomic E-state index is 0.123. The van der Waals surface area contributed by atoms with Crippen LogP contribution in [0.3, 0.4) is 0 Å². The van der Waals surface area contributed by atoms with Gasteiger partial charge in [0.05, 0.1) is 24.1 Å². The van der Waals surface area contributed by atoms with Crippen LogP contribution >= 0.6 is 0 Å². The number of benzene rings is 3. The average molecular weight is 425 g/mol. The second-order valence-corrected chi connectivity index (χ2v) is 8.65. The lowest BCUT2D eigenvalue weighted by atomic mass is 10.1. The Balaban J connectivity index is 1.67. The van der Waals surface area contributed by atoms with Crippen LogP contribution < -0.4 is 14.8 Å². The molecule has 3 rings (SSSR count). The highest BCUT2D eigenvalue weighted by Gasteiger charge is 2.16. The first-order chi connectivity index (χ1) is 14.3. The van der Waals surface area contributed by atoms with Gasteiger partial charge in [0.1, 0.15) is 5.75 Å². The van der Waals surface area contributed by atoms with Crippen molar-refractivity contribution in [2.45, 2.75) is 25.2 Å². The van der Waals surface area contributed by atoms with Crippen LogP contribution in [0.2, 0.25) is 0 Å². The van der Waals surface area contributed by atoms with Crippen molar-refractivity contribution in [2.24, 2.45) is 0 Å². The van der Waals surface area contributed by atoms with E-state index in [1.54, 1.807) is 31.4 Å². The van der Waals surface area contributed by atoms with Gasteiger partial charge in [-0.25, -0.2) is 8.42 Å². The van der Waals surface area contributed by atoms with E-state index >= 15 is 0 Å². The number of carbonyl (C=O) groups is 1.